The van der Waals surface area contributed by atoms with Crippen LogP contribution in [0, 0.1) is 6.92 Å². The third kappa shape index (κ3) is 2.83. The summed E-state index contributed by atoms with van der Waals surface area (Å²) in [5.74, 6) is 0.617. The molecule has 0 saturated heterocycles. The average molecular weight is 209 g/mol. The normalized spacial score (nSPS) is 13.7. The maximum atomic E-state index is 9.56. The van der Waals surface area contributed by atoms with Crippen LogP contribution in [0.3, 0.4) is 0 Å². The number of nitrogens with two attached hydrogens (primary N) is 1. The minimum absolute atomic E-state index is 0.448. The lowest BCUT2D eigenvalue weighted by Crippen LogP contribution is -2.42. The molecule has 84 valence electrons. The van der Waals surface area contributed by atoms with Crippen LogP contribution in [0.1, 0.15) is 26.3 Å². The number of rotatable bonds is 3. The van der Waals surface area contributed by atoms with Gasteiger partial charge in [0.05, 0.1) is 17.3 Å². The minimum Gasteiger partial charge on any atom is -0.396 e. The molecule has 1 aromatic rings. The molecule has 0 spiro atoms. The zero-order valence-corrected chi connectivity index (χ0v) is 9.70. The summed E-state index contributed by atoms with van der Waals surface area (Å²) in [6.07, 6.45) is 1.26. The van der Waals surface area contributed by atoms with E-state index in [2.05, 4.69) is 10.3 Å². The van der Waals surface area contributed by atoms with Crippen LogP contribution in [0.2, 0.25) is 0 Å². The number of aryl methyl sites for hydroxylation is 1. The van der Waals surface area contributed by atoms with Gasteiger partial charge in [-0.25, -0.2) is 4.98 Å². The van der Waals surface area contributed by atoms with E-state index >= 15 is 0 Å². The standard InChI is InChI=1S/C11H19N3O/c1-7-5-9(12)10(13-6-7)14-11(3,4)8(2)15/h5-6,8,15H,12H2,1-4H3,(H,13,14). The van der Waals surface area contributed by atoms with Crippen molar-refractivity contribution in [2.45, 2.75) is 39.3 Å². The predicted molar refractivity (Wildman–Crippen MR) is 62.8 cm³/mol. The molecule has 0 saturated carbocycles. The van der Waals surface area contributed by atoms with E-state index < -0.39 is 11.6 Å². The Hall–Kier alpha value is -1.29. The van der Waals surface area contributed by atoms with Crippen molar-refractivity contribution in [3.8, 4) is 0 Å². The highest BCUT2D eigenvalue weighted by Crippen LogP contribution is 2.22. The number of nitrogens with one attached hydrogen (secondary N) is 1. The zero-order chi connectivity index (χ0) is 11.6. The Balaban J connectivity index is 2.90. The fourth-order valence-electron chi connectivity index (χ4n) is 1.11. The third-order valence-corrected chi connectivity index (χ3v) is 2.54. The first-order valence-electron chi connectivity index (χ1n) is 5.01. The molecular weight excluding hydrogens is 190 g/mol. The van der Waals surface area contributed by atoms with Crippen LogP contribution in [0.5, 0.6) is 0 Å². The Morgan fingerprint density at radius 3 is 2.60 bits per heavy atom. The number of aliphatic hydroxyl groups is 1. The molecule has 1 atom stereocenters. The topological polar surface area (TPSA) is 71.2 Å². The lowest BCUT2D eigenvalue weighted by atomic mass is 9.99. The molecule has 0 bridgehead atoms. The first kappa shape index (κ1) is 11.8. The number of hydrogen-bond acceptors (Lipinski definition) is 4. The molecule has 15 heavy (non-hydrogen) atoms. The van der Waals surface area contributed by atoms with Crippen LogP contribution in [0.25, 0.3) is 0 Å². The van der Waals surface area contributed by atoms with Gasteiger partial charge >= 0.3 is 0 Å². The predicted octanol–water partition coefficient (Wildman–Crippen LogP) is 1.54. The first-order chi connectivity index (χ1) is 6.83. The van der Waals surface area contributed by atoms with Crippen molar-refractivity contribution < 1.29 is 5.11 Å². The van der Waals surface area contributed by atoms with Crippen molar-refractivity contribution in [1.29, 1.82) is 0 Å². The van der Waals surface area contributed by atoms with Gasteiger partial charge in [0.1, 0.15) is 5.82 Å². The Kier molecular flexibility index (Phi) is 3.19. The Morgan fingerprint density at radius 1 is 1.53 bits per heavy atom. The summed E-state index contributed by atoms with van der Waals surface area (Å²) in [5.41, 5.74) is 7.00. The summed E-state index contributed by atoms with van der Waals surface area (Å²) in [7, 11) is 0. The van der Waals surface area contributed by atoms with Crippen molar-refractivity contribution >= 4 is 11.5 Å². The van der Waals surface area contributed by atoms with E-state index in [-0.39, 0.29) is 0 Å². The number of nitrogen functional groups attached to an aromatic ring is 1. The van der Waals surface area contributed by atoms with Gasteiger partial charge in [-0.3, -0.25) is 0 Å². The highest BCUT2D eigenvalue weighted by Gasteiger charge is 2.24. The second-order valence-corrected chi connectivity index (χ2v) is 4.47. The summed E-state index contributed by atoms with van der Waals surface area (Å²) in [4.78, 5) is 4.20. The second-order valence-electron chi connectivity index (χ2n) is 4.47. The van der Waals surface area contributed by atoms with Crippen LogP contribution in [0.4, 0.5) is 11.5 Å². The van der Waals surface area contributed by atoms with Crippen molar-refractivity contribution in [3.05, 3.63) is 17.8 Å². The van der Waals surface area contributed by atoms with E-state index in [1.807, 2.05) is 26.8 Å². The molecule has 0 aliphatic rings. The number of nitrogens with zero attached hydrogens (tertiary/aromatic N) is 1. The lowest BCUT2D eigenvalue weighted by molar-refractivity contribution is 0.133. The van der Waals surface area contributed by atoms with E-state index in [0.29, 0.717) is 11.5 Å². The van der Waals surface area contributed by atoms with Crippen LogP contribution in [-0.2, 0) is 0 Å². The minimum atomic E-state index is -0.486. The van der Waals surface area contributed by atoms with E-state index in [4.69, 9.17) is 5.73 Å². The van der Waals surface area contributed by atoms with Crippen LogP contribution in [-0.4, -0.2) is 21.7 Å². The quantitative estimate of drug-likeness (QED) is 0.706. The molecule has 4 N–H and O–H groups in total. The zero-order valence-electron chi connectivity index (χ0n) is 9.70. The van der Waals surface area contributed by atoms with Gasteiger partial charge in [-0.1, -0.05) is 0 Å². The monoisotopic (exact) mass is 209 g/mol. The first-order valence-corrected chi connectivity index (χ1v) is 5.01. The van der Waals surface area contributed by atoms with Crippen molar-refractivity contribution in [3.63, 3.8) is 0 Å². The molecule has 4 heteroatoms. The maximum Gasteiger partial charge on any atom is 0.149 e. The van der Waals surface area contributed by atoms with Crippen LogP contribution >= 0.6 is 0 Å². The summed E-state index contributed by atoms with van der Waals surface area (Å²) < 4.78 is 0. The average Bonchev–Trinajstić information content (AvgIpc) is 2.09. The molecule has 4 nitrogen and oxygen atoms in total. The molecule has 1 aromatic heterocycles. The maximum absolute atomic E-state index is 9.56. The Bertz CT molecular complexity index is 348. The summed E-state index contributed by atoms with van der Waals surface area (Å²) in [6.45, 7) is 7.47. The lowest BCUT2D eigenvalue weighted by Gasteiger charge is -2.30. The largest absolute Gasteiger partial charge is 0.396 e. The molecule has 0 aliphatic heterocycles. The number of aromatic nitrogens is 1. The van der Waals surface area contributed by atoms with Crippen LogP contribution < -0.4 is 11.1 Å². The van der Waals surface area contributed by atoms with Crippen molar-refractivity contribution in [2.75, 3.05) is 11.1 Å². The van der Waals surface area contributed by atoms with Gasteiger partial charge in [-0.2, -0.15) is 0 Å². The van der Waals surface area contributed by atoms with Gasteiger partial charge in [0.25, 0.3) is 0 Å². The molecule has 0 amide bonds. The van der Waals surface area contributed by atoms with Crippen molar-refractivity contribution in [2.24, 2.45) is 0 Å². The third-order valence-electron chi connectivity index (χ3n) is 2.54. The number of pyridine rings is 1. The van der Waals surface area contributed by atoms with Gasteiger partial charge in [0.2, 0.25) is 0 Å². The highest BCUT2D eigenvalue weighted by molar-refractivity contribution is 5.62. The molecule has 0 fully saturated rings. The number of aliphatic hydroxyl groups excluding tert-OH is 1. The Labute approximate surface area is 90.5 Å². The van der Waals surface area contributed by atoms with Gasteiger partial charge in [-0.15, -0.1) is 0 Å². The van der Waals surface area contributed by atoms with E-state index in [1.54, 1.807) is 13.1 Å². The van der Waals surface area contributed by atoms with Gasteiger partial charge < -0.3 is 16.2 Å². The SMILES string of the molecule is Cc1cnc(NC(C)(C)C(C)O)c(N)c1. The highest BCUT2D eigenvalue weighted by atomic mass is 16.3. The van der Waals surface area contributed by atoms with E-state index in [9.17, 15) is 5.11 Å². The van der Waals surface area contributed by atoms with Crippen molar-refractivity contribution in [1.82, 2.24) is 4.98 Å². The molecular formula is C11H19N3O. The Morgan fingerprint density at radius 2 is 2.13 bits per heavy atom. The van der Waals surface area contributed by atoms with Gasteiger partial charge in [0, 0.05) is 6.20 Å². The number of anilines is 2. The molecule has 0 radical (unpaired) electrons. The molecule has 0 aromatic carbocycles. The van der Waals surface area contributed by atoms with E-state index in [0.717, 1.165) is 5.56 Å². The fraction of sp³-hybridized carbons (Fsp3) is 0.545. The summed E-state index contributed by atoms with van der Waals surface area (Å²) in [5, 5.41) is 12.7. The summed E-state index contributed by atoms with van der Waals surface area (Å²) in [6, 6.07) is 1.85. The fourth-order valence-corrected chi connectivity index (χ4v) is 1.11. The van der Waals surface area contributed by atoms with Gasteiger partial charge in [-0.05, 0) is 39.3 Å². The smallest absolute Gasteiger partial charge is 0.149 e. The molecule has 1 heterocycles. The molecule has 1 unspecified atom stereocenters. The van der Waals surface area contributed by atoms with E-state index in [1.165, 1.54) is 0 Å². The molecule has 0 aliphatic carbocycles. The molecule has 1 rings (SSSR count). The second kappa shape index (κ2) is 4.06. The summed E-state index contributed by atoms with van der Waals surface area (Å²) >= 11 is 0. The van der Waals surface area contributed by atoms with Crippen LogP contribution in [0.15, 0.2) is 12.3 Å². The van der Waals surface area contributed by atoms with Gasteiger partial charge in [0.15, 0.2) is 0 Å². The number of hydrogen-bond donors (Lipinski definition) is 3.